The maximum atomic E-state index is 12.9. The molecule has 0 aliphatic carbocycles. The van der Waals surface area contributed by atoms with Gasteiger partial charge in [-0.25, -0.2) is 4.57 Å². The van der Waals surface area contributed by atoms with Crippen molar-refractivity contribution in [3.63, 3.8) is 0 Å². The standard InChI is InChI=1S/C50H99N2O7P/c1-3-5-7-9-11-13-15-17-19-21-22-23-24-26-28-30-32-34-36-38-40-42-49(54)48(46-59-60(56,57)58-44-43-51)52-50(55)45-47(53)41-39-37-35-33-31-29-27-25-20-18-16-14-12-10-8-6-4-2/h12,14,16,18,47-49,53-54H,3-11,13,15,17,19-46,51H2,1-2H3,(H,52,55)(H,56,57)/b14-12-,18-16-. The number of aliphatic hydroxyl groups is 2. The van der Waals surface area contributed by atoms with Gasteiger partial charge in [0, 0.05) is 6.54 Å². The van der Waals surface area contributed by atoms with E-state index in [2.05, 4.69) is 43.5 Å². The number of nitrogens with two attached hydrogens (primary N) is 1. The van der Waals surface area contributed by atoms with Crippen LogP contribution in [0.5, 0.6) is 0 Å². The van der Waals surface area contributed by atoms with Crippen molar-refractivity contribution in [2.75, 3.05) is 19.8 Å². The van der Waals surface area contributed by atoms with E-state index in [1.54, 1.807) is 0 Å². The molecule has 0 radical (unpaired) electrons. The molecule has 60 heavy (non-hydrogen) atoms. The van der Waals surface area contributed by atoms with Crippen molar-refractivity contribution in [2.45, 2.75) is 270 Å². The van der Waals surface area contributed by atoms with Gasteiger partial charge in [-0.15, -0.1) is 0 Å². The predicted molar refractivity (Wildman–Crippen MR) is 255 cm³/mol. The van der Waals surface area contributed by atoms with Crippen molar-refractivity contribution >= 4 is 13.7 Å². The van der Waals surface area contributed by atoms with E-state index in [0.29, 0.717) is 12.8 Å². The molecule has 0 rings (SSSR count). The Kier molecular flexibility index (Phi) is 45.1. The van der Waals surface area contributed by atoms with Crippen LogP contribution in [0.1, 0.15) is 251 Å². The molecular weight excluding hydrogens is 772 g/mol. The van der Waals surface area contributed by atoms with E-state index in [1.807, 2.05) is 0 Å². The average molecular weight is 871 g/mol. The predicted octanol–water partition coefficient (Wildman–Crippen LogP) is 13.9. The topological polar surface area (TPSA) is 151 Å². The summed E-state index contributed by atoms with van der Waals surface area (Å²) in [6.45, 7) is 4.05. The van der Waals surface area contributed by atoms with Gasteiger partial charge < -0.3 is 26.2 Å². The van der Waals surface area contributed by atoms with Gasteiger partial charge >= 0.3 is 7.82 Å². The number of nitrogens with one attached hydrogen (secondary N) is 1. The quantitative estimate of drug-likeness (QED) is 0.0230. The Bertz CT molecular complexity index is 1010. The Morgan fingerprint density at radius 3 is 1.37 bits per heavy atom. The van der Waals surface area contributed by atoms with E-state index < -0.39 is 32.0 Å². The molecule has 0 fully saturated rings. The number of unbranched alkanes of at least 4 members (excludes halogenated alkanes) is 31. The molecule has 0 heterocycles. The highest BCUT2D eigenvalue weighted by atomic mass is 31.2. The van der Waals surface area contributed by atoms with Crippen molar-refractivity contribution < 1.29 is 33.5 Å². The van der Waals surface area contributed by atoms with E-state index in [1.165, 1.54) is 173 Å². The molecule has 0 bridgehead atoms. The summed E-state index contributed by atoms with van der Waals surface area (Å²) in [7, 11) is -4.38. The van der Waals surface area contributed by atoms with Gasteiger partial charge in [0.25, 0.3) is 0 Å². The van der Waals surface area contributed by atoms with Crippen molar-refractivity contribution in [1.82, 2.24) is 5.32 Å². The van der Waals surface area contributed by atoms with E-state index in [4.69, 9.17) is 14.8 Å². The number of phosphoric ester groups is 1. The molecule has 9 nitrogen and oxygen atoms in total. The van der Waals surface area contributed by atoms with Crippen molar-refractivity contribution in [2.24, 2.45) is 5.73 Å². The molecule has 10 heteroatoms. The fourth-order valence-corrected chi connectivity index (χ4v) is 8.52. The van der Waals surface area contributed by atoms with Crippen molar-refractivity contribution in [1.29, 1.82) is 0 Å². The third-order valence-electron chi connectivity index (χ3n) is 11.6. The Hall–Kier alpha value is -1.06. The number of carbonyl (C=O) groups is 1. The maximum absolute atomic E-state index is 12.9. The SMILES string of the molecule is CCCCC/C=C\C=C/CCCCCCCCCCC(O)CC(=O)NC(COP(=O)(O)OCCN)C(O)CCCCCCCCCCCCCCCCCCCCCCC. The van der Waals surface area contributed by atoms with E-state index in [-0.39, 0.29) is 26.2 Å². The molecule has 0 spiro atoms. The Balaban J connectivity index is 4.15. The molecule has 0 saturated heterocycles. The minimum atomic E-state index is -4.38. The number of amides is 1. The fraction of sp³-hybridized carbons (Fsp3) is 0.900. The molecule has 6 N–H and O–H groups in total. The molecule has 0 saturated carbocycles. The van der Waals surface area contributed by atoms with Gasteiger partial charge in [0.05, 0.1) is 37.9 Å². The van der Waals surface area contributed by atoms with Crippen LogP contribution in [-0.4, -0.2) is 59.0 Å². The molecule has 0 aromatic heterocycles. The third-order valence-corrected chi connectivity index (χ3v) is 12.6. The zero-order valence-electron chi connectivity index (χ0n) is 39.3. The lowest BCUT2D eigenvalue weighted by Gasteiger charge is -2.25. The lowest BCUT2D eigenvalue weighted by molar-refractivity contribution is -0.125. The smallest absolute Gasteiger partial charge is 0.393 e. The summed E-state index contributed by atoms with van der Waals surface area (Å²) in [6, 6.07) is -0.898. The first kappa shape index (κ1) is 58.9. The number of carbonyl (C=O) groups excluding carboxylic acids is 1. The Morgan fingerprint density at radius 1 is 0.567 bits per heavy atom. The number of hydrogen-bond donors (Lipinski definition) is 5. The summed E-state index contributed by atoms with van der Waals surface area (Å²) in [5.74, 6) is -0.414. The second-order valence-electron chi connectivity index (χ2n) is 17.6. The van der Waals surface area contributed by atoms with Crippen LogP contribution in [0.4, 0.5) is 0 Å². The summed E-state index contributed by atoms with van der Waals surface area (Å²) in [4.78, 5) is 22.9. The molecule has 4 atom stereocenters. The van der Waals surface area contributed by atoms with E-state index >= 15 is 0 Å². The lowest BCUT2D eigenvalue weighted by Crippen LogP contribution is -2.47. The highest BCUT2D eigenvalue weighted by molar-refractivity contribution is 7.47. The number of phosphoric acid groups is 1. The third kappa shape index (κ3) is 43.6. The largest absolute Gasteiger partial charge is 0.472 e. The van der Waals surface area contributed by atoms with Crippen LogP contribution in [0, 0.1) is 0 Å². The van der Waals surface area contributed by atoms with Crippen molar-refractivity contribution in [3.8, 4) is 0 Å². The van der Waals surface area contributed by atoms with Crippen molar-refractivity contribution in [3.05, 3.63) is 24.3 Å². The first-order valence-electron chi connectivity index (χ1n) is 25.5. The van der Waals surface area contributed by atoms with Crippen LogP contribution < -0.4 is 11.1 Å². The van der Waals surface area contributed by atoms with Gasteiger partial charge in [-0.05, 0) is 38.5 Å². The molecule has 4 unspecified atom stereocenters. The molecule has 0 aliphatic heterocycles. The molecule has 0 aromatic rings. The summed E-state index contributed by atoms with van der Waals surface area (Å²) in [5.41, 5.74) is 5.39. The second-order valence-corrected chi connectivity index (χ2v) is 19.1. The summed E-state index contributed by atoms with van der Waals surface area (Å²) in [5, 5.41) is 24.3. The van der Waals surface area contributed by atoms with Gasteiger partial charge in [0.15, 0.2) is 0 Å². The fourth-order valence-electron chi connectivity index (χ4n) is 7.76. The van der Waals surface area contributed by atoms with Gasteiger partial charge in [0.1, 0.15) is 0 Å². The van der Waals surface area contributed by atoms with Gasteiger partial charge in [-0.2, -0.15) is 0 Å². The average Bonchev–Trinajstić information content (AvgIpc) is 3.23. The van der Waals surface area contributed by atoms with Crippen LogP contribution in [-0.2, 0) is 18.4 Å². The molecule has 0 aliphatic rings. The highest BCUT2D eigenvalue weighted by Crippen LogP contribution is 2.43. The molecule has 1 amide bonds. The molecular formula is C50H99N2O7P. The Labute approximate surface area is 370 Å². The normalized spacial score (nSPS) is 14.6. The first-order chi connectivity index (χ1) is 29.3. The van der Waals surface area contributed by atoms with Gasteiger partial charge in [0.2, 0.25) is 5.91 Å². The molecule has 0 aromatic carbocycles. The minimum Gasteiger partial charge on any atom is -0.393 e. The minimum absolute atomic E-state index is 0.0594. The van der Waals surface area contributed by atoms with E-state index in [9.17, 15) is 24.5 Å². The highest BCUT2D eigenvalue weighted by Gasteiger charge is 2.28. The van der Waals surface area contributed by atoms with Crippen LogP contribution >= 0.6 is 7.82 Å². The maximum Gasteiger partial charge on any atom is 0.472 e. The second kappa shape index (κ2) is 45.9. The van der Waals surface area contributed by atoms with Gasteiger partial charge in [-0.1, -0.05) is 231 Å². The zero-order chi connectivity index (χ0) is 44.0. The summed E-state index contributed by atoms with van der Waals surface area (Å²) in [6.07, 6.45) is 50.8. The zero-order valence-corrected chi connectivity index (χ0v) is 40.2. The van der Waals surface area contributed by atoms with Crippen LogP contribution in [0.25, 0.3) is 0 Å². The number of hydrogen-bond acceptors (Lipinski definition) is 7. The Morgan fingerprint density at radius 2 is 0.933 bits per heavy atom. The summed E-state index contributed by atoms with van der Waals surface area (Å²) < 4.78 is 22.2. The van der Waals surface area contributed by atoms with E-state index in [0.717, 1.165) is 44.9 Å². The van der Waals surface area contributed by atoms with Crippen LogP contribution in [0.3, 0.4) is 0 Å². The molecule has 356 valence electrons. The number of aliphatic hydroxyl groups excluding tert-OH is 2. The lowest BCUT2D eigenvalue weighted by atomic mass is 10.0. The monoisotopic (exact) mass is 871 g/mol. The number of rotatable bonds is 48. The van der Waals surface area contributed by atoms with Gasteiger partial charge in [-0.3, -0.25) is 13.8 Å². The number of allylic oxidation sites excluding steroid dienone is 4. The summed E-state index contributed by atoms with van der Waals surface area (Å²) >= 11 is 0. The van der Waals surface area contributed by atoms with Crippen LogP contribution in [0.2, 0.25) is 0 Å². The van der Waals surface area contributed by atoms with Crippen LogP contribution in [0.15, 0.2) is 24.3 Å². The first-order valence-corrected chi connectivity index (χ1v) is 27.0.